The standard InChI is InChI=1S/C21H22N2OS2.BrH/c1-14-11-15(2)13-23(12-14)19-18(22)20(16(3)24)26-21(19)25-10-9-17-7-5-4-6-8-17;/h4-8,11-13H,9-10H2,1-3H3,(H-,22,24);1H. The molecule has 0 aliphatic rings. The molecule has 0 spiro atoms. The average molecular weight is 463 g/mol. The Hall–Kier alpha value is -1.63. The van der Waals surface area contributed by atoms with Crippen LogP contribution in [0.1, 0.15) is 33.3 Å². The van der Waals surface area contributed by atoms with Gasteiger partial charge in [0.1, 0.15) is 14.8 Å². The Balaban J connectivity index is 0.00000261. The van der Waals surface area contributed by atoms with Crippen molar-refractivity contribution in [3.05, 3.63) is 70.4 Å². The van der Waals surface area contributed by atoms with E-state index in [1.165, 1.54) is 28.0 Å². The largest absolute Gasteiger partial charge is 1.00 e. The summed E-state index contributed by atoms with van der Waals surface area (Å²) in [6.45, 7) is 5.72. The summed E-state index contributed by atoms with van der Waals surface area (Å²) in [6.07, 6.45) is 5.11. The lowest BCUT2D eigenvalue weighted by molar-refractivity contribution is -0.597. The van der Waals surface area contributed by atoms with Gasteiger partial charge in [-0.3, -0.25) is 4.79 Å². The number of thioether (sulfide) groups is 1. The molecule has 0 radical (unpaired) electrons. The summed E-state index contributed by atoms with van der Waals surface area (Å²) >= 11 is 3.27. The first-order valence-corrected chi connectivity index (χ1v) is 10.4. The highest BCUT2D eigenvalue weighted by Crippen LogP contribution is 2.39. The number of carbonyl (C=O) groups is 1. The summed E-state index contributed by atoms with van der Waals surface area (Å²) in [5.74, 6) is 0.966. The fourth-order valence-corrected chi connectivity index (χ4v) is 5.42. The molecule has 0 fully saturated rings. The Bertz CT molecular complexity index is 919. The molecule has 3 nitrogen and oxygen atoms in total. The molecule has 0 unspecified atom stereocenters. The van der Waals surface area contributed by atoms with Crippen molar-refractivity contribution in [3.63, 3.8) is 0 Å². The molecule has 0 saturated heterocycles. The van der Waals surface area contributed by atoms with Gasteiger partial charge in [0.25, 0.3) is 5.69 Å². The maximum absolute atomic E-state index is 12.0. The third kappa shape index (κ3) is 5.21. The number of nitrogens with two attached hydrogens (primary N) is 1. The van der Waals surface area contributed by atoms with Crippen LogP contribution < -0.4 is 27.3 Å². The first kappa shape index (κ1) is 21.7. The molecule has 1 aromatic carbocycles. The van der Waals surface area contributed by atoms with E-state index in [0.717, 1.165) is 22.1 Å². The number of ketones is 1. The average Bonchev–Trinajstić information content (AvgIpc) is 2.91. The Kier molecular flexibility index (Phi) is 7.65. The van der Waals surface area contributed by atoms with E-state index < -0.39 is 0 Å². The zero-order chi connectivity index (χ0) is 18.7. The predicted molar refractivity (Wildman–Crippen MR) is 111 cm³/mol. The van der Waals surface area contributed by atoms with E-state index in [4.69, 9.17) is 5.73 Å². The van der Waals surface area contributed by atoms with Gasteiger partial charge in [0.15, 0.2) is 18.2 Å². The fraction of sp³-hybridized carbons (Fsp3) is 0.238. The monoisotopic (exact) mass is 462 g/mol. The highest BCUT2D eigenvalue weighted by Gasteiger charge is 2.26. The number of anilines is 1. The predicted octanol–water partition coefficient (Wildman–Crippen LogP) is 1.77. The number of benzene rings is 1. The van der Waals surface area contributed by atoms with Crippen molar-refractivity contribution in [2.45, 2.75) is 31.4 Å². The highest BCUT2D eigenvalue weighted by molar-refractivity contribution is 8.01. The second-order valence-corrected chi connectivity index (χ2v) is 8.80. The molecule has 0 aliphatic carbocycles. The number of nitrogen functional groups attached to an aromatic ring is 1. The molecule has 2 heterocycles. The number of pyridine rings is 1. The number of carbonyl (C=O) groups excluding carboxylic acids is 1. The maximum Gasteiger partial charge on any atom is 0.259 e. The third-order valence-electron chi connectivity index (χ3n) is 4.07. The molecule has 6 heteroatoms. The minimum Gasteiger partial charge on any atom is -1.00 e. The molecule has 0 atom stereocenters. The van der Waals surface area contributed by atoms with Crippen molar-refractivity contribution < 1.29 is 26.3 Å². The van der Waals surface area contributed by atoms with E-state index in [-0.39, 0.29) is 22.8 Å². The number of nitrogens with zero attached hydrogens (tertiary/aromatic N) is 1. The highest BCUT2D eigenvalue weighted by atomic mass is 79.9. The maximum atomic E-state index is 12.0. The summed E-state index contributed by atoms with van der Waals surface area (Å²) in [6, 6.07) is 12.6. The lowest BCUT2D eigenvalue weighted by Crippen LogP contribution is -3.00. The molecule has 27 heavy (non-hydrogen) atoms. The van der Waals surface area contributed by atoms with Crippen LogP contribution in [0.15, 0.2) is 53.0 Å². The Morgan fingerprint density at radius 1 is 1.15 bits per heavy atom. The molecule has 3 rings (SSSR count). The first-order chi connectivity index (χ1) is 12.5. The molecule has 2 N–H and O–H groups in total. The van der Waals surface area contributed by atoms with Crippen LogP contribution in [-0.4, -0.2) is 11.5 Å². The molecule has 0 saturated carbocycles. The van der Waals surface area contributed by atoms with Gasteiger partial charge in [-0.25, -0.2) is 0 Å². The number of rotatable bonds is 6. The van der Waals surface area contributed by atoms with Gasteiger partial charge in [-0.1, -0.05) is 30.3 Å². The molecule has 3 aromatic rings. The second-order valence-electron chi connectivity index (χ2n) is 6.42. The summed E-state index contributed by atoms with van der Waals surface area (Å²) in [4.78, 5) is 12.7. The van der Waals surface area contributed by atoms with E-state index in [2.05, 4.69) is 61.1 Å². The van der Waals surface area contributed by atoms with Crippen LogP contribution in [0.25, 0.3) is 5.69 Å². The SMILES string of the molecule is CC(=O)c1sc(SCCc2ccccc2)c(-[n+]2cc(C)cc(C)c2)c1N.[Br-]. The van der Waals surface area contributed by atoms with E-state index >= 15 is 0 Å². The van der Waals surface area contributed by atoms with Crippen LogP contribution in [0, 0.1) is 13.8 Å². The molecule has 0 aliphatic heterocycles. The molecule has 142 valence electrons. The van der Waals surface area contributed by atoms with Crippen LogP contribution in [0.2, 0.25) is 0 Å². The summed E-state index contributed by atoms with van der Waals surface area (Å²) < 4.78 is 3.16. The van der Waals surface area contributed by atoms with Crippen LogP contribution >= 0.6 is 23.1 Å². The molecule has 2 aromatic heterocycles. The molecular formula is C21H23BrN2OS2. The number of hydrogen-bond donors (Lipinski definition) is 1. The minimum atomic E-state index is 0. The summed E-state index contributed by atoms with van der Waals surface area (Å²) in [5.41, 5.74) is 11.5. The van der Waals surface area contributed by atoms with Gasteiger partial charge in [-0.15, -0.1) is 23.1 Å². The van der Waals surface area contributed by atoms with Crippen LogP contribution in [-0.2, 0) is 6.42 Å². The Morgan fingerprint density at radius 2 is 1.78 bits per heavy atom. The summed E-state index contributed by atoms with van der Waals surface area (Å²) in [7, 11) is 0. The van der Waals surface area contributed by atoms with Crippen LogP contribution in [0.5, 0.6) is 0 Å². The van der Waals surface area contributed by atoms with E-state index in [0.29, 0.717) is 10.6 Å². The van der Waals surface area contributed by atoms with Crippen molar-refractivity contribution in [3.8, 4) is 5.69 Å². The number of halogens is 1. The summed E-state index contributed by atoms with van der Waals surface area (Å²) in [5, 5.41) is 0. The van der Waals surface area contributed by atoms with Gasteiger partial charge in [0.2, 0.25) is 0 Å². The van der Waals surface area contributed by atoms with Gasteiger partial charge in [-0.05, 0) is 31.9 Å². The van der Waals surface area contributed by atoms with Gasteiger partial charge >= 0.3 is 0 Å². The van der Waals surface area contributed by atoms with Crippen molar-refractivity contribution in [2.24, 2.45) is 0 Å². The molecule has 0 amide bonds. The number of aromatic nitrogens is 1. The van der Waals surface area contributed by atoms with Crippen molar-refractivity contribution in [1.82, 2.24) is 0 Å². The lowest BCUT2D eigenvalue weighted by Gasteiger charge is -2.03. The van der Waals surface area contributed by atoms with Crippen molar-refractivity contribution in [2.75, 3.05) is 11.5 Å². The fourth-order valence-electron chi connectivity index (χ4n) is 2.96. The van der Waals surface area contributed by atoms with Gasteiger partial charge < -0.3 is 22.7 Å². The van der Waals surface area contributed by atoms with Gasteiger partial charge in [0.05, 0.1) is 0 Å². The number of hydrogen-bond acceptors (Lipinski definition) is 4. The number of aryl methyl sites for hydroxylation is 3. The van der Waals surface area contributed by atoms with Crippen LogP contribution in [0.4, 0.5) is 5.69 Å². The van der Waals surface area contributed by atoms with E-state index in [1.54, 1.807) is 18.7 Å². The quantitative estimate of drug-likeness (QED) is 0.345. The van der Waals surface area contributed by atoms with Gasteiger partial charge in [0, 0.05) is 23.8 Å². The number of thiophene rings is 1. The van der Waals surface area contributed by atoms with E-state index in [9.17, 15) is 4.79 Å². The smallest absolute Gasteiger partial charge is 0.259 e. The van der Waals surface area contributed by atoms with E-state index in [1.807, 2.05) is 6.07 Å². The van der Waals surface area contributed by atoms with Crippen molar-refractivity contribution in [1.29, 1.82) is 0 Å². The molecule has 0 bridgehead atoms. The Labute approximate surface area is 179 Å². The molecular weight excluding hydrogens is 440 g/mol. The lowest BCUT2D eigenvalue weighted by atomic mass is 10.2. The normalized spacial score (nSPS) is 10.5. The van der Waals surface area contributed by atoms with Crippen LogP contribution in [0.3, 0.4) is 0 Å². The topological polar surface area (TPSA) is 47.0 Å². The van der Waals surface area contributed by atoms with Crippen molar-refractivity contribution >= 4 is 34.6 Å². The minimum absolute atomic E-state index is 0. The second kappa shape index (κ2) is 9.53. The third-order valence-corrected chi connectivity index (χ3v) is 6.63. The number of Topliss-reactive ketones (excluding diaryl/α,β-unsaturated/α-hetero) is 1. The zero-order valence-corrected chi connectivity index (χ0v) is 18.9. The Morgan fingerprint density at radius 3 is 2.37 bits per heavy atom. The first-order valence-electron chi connectivity index (χ1n) is 8.55. The van der Waals surface area contributed by atoms with Gasteiger partial charge in [-0.2, -0.15) is 4.57 Å². The zero-order valence-electron chi connectivity index (χ0n) is 15.7.